The van der Waals surface area contributed by atoms with E-state index in [2.05, 4.69) is 15.6 Å². The number of hydrogen-bond acceptors (Lipinski definition) is 3. The van der Waals surface area contributed by atoms with E-state index in [1.165, 1.54) is 0 Å². The minimum absolute atomic E-state index is 0.350. The SMILES string of the molecule is Cc1ccc(C)c(-c2cc(C(=O)NN)[nH]n2)c1. The number of nitrogens with one attached hydrogen (secondary N) is 2. The van der Waals surface area contributed by atoms with Gasteiger partial charge in [0.05, 0.1) is 5.69 Å². The number of aryl methyl sites for hydroxylation is 2. The van der Waals surface area contributed by atoms with Crippen molar-refractivity contribution in [3.05, 3.63) is 41.1 Å². The molecule has 0 spiro atoms. The predicted molar refractivity (Wildman–Crippen MR) is 65.2 cm³/mol. The van der Waals surface area contributed by atoms with Crippen LogP contribution < -0.4 is 11.3 Å². The molecule has 0 aliphatic rings. The maximum Gasteiger partial charge on any atom is 0.283 e. The Hall–Kier alpha value is -2.14. The van der Waals surface area contributed by atoms with Crippen LogP contribution in [-0.2, 0) is 0 Å². The zero-order chi connectivity index (χ0) is 12.4. The summed E-state index contributed by atoms with van der Waals surface area (Å²) in [6.07, 6.45) is 0. The highest BCUT2D eigenvalue weighted by molar-refractivity contribution is 5.92. The second kappa shape index (κ2) is 4.39. The molecule has 0 aliphatic heterocycles. The Morgan fingerprint density at radius 2 is 2.12 bits per heavy atom. The summed E-state index contributed by atoms with van der Waals surface area (Å²) in [6, 6.07) is 7.79. The minimum atomic E-state index is -0.381. The molecular formula is C12H14N4O. The van der Waals surface area contributed by atoms with E-state index in [1.807, 2.05) is 32.0 Å². The molecule has 0 bridgehead atoms. The molecule has 0 atom stereocenters. The van der Waals surface area contributed by atoms with Gasteiger partial charge in [-0.15, -0.1) is 0 Å². The van der Waals surface area contributed by atoms with Crippen LogP contribution in [0.25, 0.3) is 11.3 Å². The standard InChI is InChI=1S/C12H14N4O/c1-7-3-4-8(2)9(5-7)10-6-11(16-15-10)12(17)14-13/h3-6H,13H2,1-2H3,(H,14,17)(H,15,16). The predicted octanol–water partition coefficient (Wildman–Crippen LogP) is 1.30. The molecule has 2 aromatic rings. The summed E-state index contributed by atoms with van der Waals surface area (Å²) < 4.78 is 0. The van der Waals surface area contributed by atoms with Gasteiger partial charge in [0, 0.05) is 5.56 Å². The number of benzene rings is 1. The first-order chi connectivity index (χ1) is 8.11. The van der Waals surface area contributed by atoms with Gasteiger partial charge in [0.1, 0.15) is 5.69 Å². The van der Waals surface area contributed by atoms with Gasteiger partial charge >= 0.3 is 0 Å². The third kappa shape index (κ3) is 2.19. The average Bonchev–Trinajstić information content (AvgIpc) is 2.80. The van der Waals surface area contributed by atoms with Gasteiger partial charge in [-0.2, -0.15) is 5.10 Å². The van der Waals surface area contributed by atoms with E-state index in [1.54, 1.807) is 6.07 Å². The summed E-state index contributed by atoms with van der Waals surface area (Å²) in [7, 11) is 0. The van der Waals surface area contributed by atoms with Gasteiger partial charge in [-0.25, -0.2) is 5.84 Å². The number of carbonyl (C=O) groups is 1. The van der Waals surface area contributed by atoms with Crippen molar-refractivity contribution in [2.24, 2.45) is 5.84 Å². The van der Waals surface area contributed by atoms with Gasteiger partial charge in [-0.1, -0.05) is 17.7 Å². The molecule has 0 fully saturated rings. The lowest BCUT2D eigenvalue weighted by atomic mass is 10.0. The van der Waals surface area contributed by atoms with Crippen LogP contribution in [0.1, 0.15) is 21.6 Å². The quantitative estimate of drug-likeness (QED) is 0.413. The summed E-state index contributed by atoms with van der Waals surface area (Å²) in [5.41, 5.74) is 6.43. The maximum absolute atomic E-state index is 11.3. The number of nitrogens with zero attached hydrogens (tertiary/aromatic N) is 1. The van der Waals surface area contributed by atoms with E-state index >= 15 is 0 Å². The van der Waals surface area contributed by atoms with E-state index < -0.39 is 0 Å². The molecule has 0 saturated heterocycles. The molecule has 1 aromatic heterocycles. The molecule has 88 valence electrons. The van der Waals surface area contributed by atoms with Crippen LogP contribution in [0.2, 0.25) is 0 Å². The van der Waals surface area contributed by atoms with E-state index in [0.29, 0.717) is 5.69 Å². The Labute approximate surface area is 99.0 Å². The third-order valence-electron chi connectivity index (χ3n) is 2.62. The second-order valence-electron chi connectivity index (χ2n) is 3.96. The van der Waals surface area contributed by atoms with Crippen molar-refractivity contribution in [1.29, 1.82) is 0 Å². The molecule has 5 heteroatoms. The van der Waals surface area contributed by atoms with Crippen molar-refractivity contribution < 1.29 is 4.79 Å². The summed E-state index contributed by atoms with van der Waals surface area (Å²) in [4.78, 5) is 11.3. The summed E-state index contributed by atoms with van der Waals surface area (Å²) >= 11 is 0. The summed E-state index contributed by atoms with van der Waals surface area (Å²) in [5.74, 6) is 4.68. The molecule has 0 aliphatic carbocycles. The lowest BCUT2D eigenvalue weighted by molar-refractivity contribution is 0.0948. The number of rotatable bonds is 2. The first kappa shape index (κ1) is 11.3. The van der Waals surface area contributed by atoms with E-state index in [4.69, 9.17) is 5.84 Å². The summed E-state index contributed by atoms with van der Waals surface area (Å²) in [6.45, 7) is 4.02. The lowest BCUT2D eigenvalue weighted by Crippen LogP contribution is -2.30. The van der Waals surface area contributed by atoms with Crippen molar-refractivity contribution in [1.82, 2.24) is 15.6 Å². The van der Waals surface area contributed by atoms with Crippen molar-refractivity contribution >= 4 is 5.91 Å². The monoisotopic (exact) mass is 230 g/mol. The van der Waals surface area contributed by atoms with Crippen LogP contribution in [0.4, 0.5) is 0 Å². The first-order valence-electron chi connectivity index (χ1n) is 5.26. The number of hydrogen-bond donors (Lipinski definition) is 3. The molecule has 0 unspecified atom stereocenters. The van der Waals surface area contributed by atoms with Gasteiger partial charge in [0.25, 0.3) is 5.91 Å². The zero-order valence-electron chi connectivity index (χ0n) is 9.74. The normalized spacial score (nSPS) is 10.3. The number of nitrogens with two attached hydrogens (primary N) is 1. The fourth-order valence-corrected chi connectivity index (χ4v) is 1.67. The van der Waals surface area contributed by atoms with Crippen molar-refractivity contribution in [3.63, 3.8) is 0 Å². The van der Waals surface area contributed by atoms with E-state index in [9.17, 15) is 4.79 Å². The number of aromatic nitrogens is 2. The van der Waals surface area contributed by atoms with Crippen LogP contribution in [0, 0.1) is 13.8 Å². The van der Waals surface area contributed by atoms with Gasteiger partial charge in [0.15, 0.2) is 0 Å². The Bertz CT molecular complexity index is 559. The molecular weight excluding hydrogens is 216 g/mol. The largest absolute Gasteiger partial charge is 0.289 e. The highest BCUT2D eigenvalue weighted by atomic mass is 16.2. The molecule has 0 radical (unpaired) electrons. The maximum atomic E-state index is 11.3. The number of nitrogen functional groups attached to an aromatic ring is 1. The number of H-pyrrole nitrogens is 1. The molecule has 17 heavy (non-hydrogen) atoms. The molecule has 1 amide bonds. The minimum Gasteiger partial charge on any atom is -0.289 e. The third-order valence-corrected chi connectivity index (χ3v) is 2.62. The van der Waals surface area contributed by atoms with E-state index in [-0.39, 0.29) is 5.91 Å². The summed E-state index contributed by atoms with van der Waals surface area (Å²) in [5, 5.41) is 6.78. The molecule has 4 N–H and O–H groups in total. The molecule has 2 rings (SSSR count). The number of aromatic amines is 1. The lowest BCUT2D eigenvalue weighted by Gasteiger charge is -2.03. The fourth-order valence-electron chi connectivity index (χ4n) is 1.67. The zero-order valence-corrected chi connectivity index (χ0v) is 9.74. The first-order valence-corrected chi connectivity index (χ1v) is 5.26. The smallest absolute Gasteiger partial charge is 0.283 e. The van der Waals surface area contributed by atoms with Crippen molar-refractivity contribution in [2.45, 2.75) is 13.8 Å². The molecule has 0 saturated carbocycles. The van der Waals surface area contributed by atoms with Crippen LogP contribution in [0.3, 0.4) is 0 Å². The number of hydrazine groups is 1. The Kier molecular flexibility index (Phi) is 2.93. The molecule has 1 heterocycles. The van der Waals surface area contributed by atoms with Crippen LogP contribution in [0.15, 0.2) is 24.3 Å². The highest BCUT2D eigenvalue weighted by Gasteiger charge is 2.11. The van der Waals surface area contributed by atoms with Gasteiger partial charge in [-0.3, -0.25) is 15.3 Å². The molecule has 5 nitrogen and oxygen atoms in total. The molecule has 1 aromatic carbocycles. The van der Waals surface area contributed by atoms with Crippen LogP contribution >= 0.6 is 0 Å². The topological polar surface area (TPSA) is 83.8 Å². The van der Waals surface area contributed by atoms with Gasteiger partial charge in [-0.05, 0) is 31.5 Å². The van der Waals surface area contributed by atoms with Crippen LogP contribution in [0.5, 0.6) is 0 Å². The van der Waals surface area contributed by atoms with Crippen LogP contribution in [-0.4, -0.2) is 16.1 Å². The van der Waals surface area contributed by atoms with Gasteiger partial charge < -0.3 is 0 Å². The number of carbonyl (C=O) groups excluding carboxylic acids is 1. The van der Waals surface area contributed by atoms with Crippen molar-refractivity contribution in [2.75, 3.05) is 0 Å². The van der Waals surface area contributed by atoms with E-state index in [0.717, 1.165) is 22.4 Å². The van der Waals surface area contributed by atoms with Crippen molar-refractivity contribution in [3.8, 4) is 11.3 Å². The fraction of sp³-hybridized carbons (Fsp3) is 0.167. The number of amides is 1. The average molecular weight is 230 g/mol. The Morgan fingerprint density at radius 3 is 2.82 bits per heavy atom. The highest BCUT2D eigenvalue weighted by Crippen LogP contribution is 2.23. The van der Waals surface area contributed by atoms with Gasteiger partial charge in [0.2, 0.25) is 0 Å². The Morgan fingerprint density at radius 1 is 1.35 bits per heavy atom. The Balaban J connectivity index is 2.43. The second-order valence-corrected chi connectivity index (χ2v) is 3.96.